The molecule has 0 spiro atoms. The van der Waals surface area contributed by atoms with Crippen LogP contribution in [-0.2, 0) is 0 Å². The summed E-state index contributed by atoms with van der Waals surface area (Å²) in [5.41, 5.74) is 3.54. The summed E-state index contributed by atoms with van der Waals surface area (Å²) in [6, 6.07) is 14.5. The molecule has 1 amide bonds. The van der Waals surface area contributed by atoms with Gasteiger partial charge in [-0.2, -0.15) is 5.10 Å². The van der Waals surface area contributed by atoms with Gasteiger partial charge in [0.15, 0.2) is 0 Å². The highest BCUT2D eigenvalue weighted by atomic mass is 35.5. The van der Waals surface area contributed by atoms with Gasteiger partial charge in [-0.15, -0.1) is 0 Å². The molecule has 0 saturated carbocycles. The molecule has 0 radical (unpaired) electrons. The number of halogens is 2. The Kier molecular flexibility index (Phi) is 5.07. The van der Waals surface area contributed by atoms with Gasteiger partial charge in [-0.1, -0.05) is 23.2 Å². The minimum Gasteiger partial charge on any atom is -0.508 e. The van der Waals surface area contributed by atoms with Crippen LogP contribution < -0.4 is 5.43 Å². The number of phenolic OH excluding ortho intramolecular Hbond substituents is 1. The molecule has 3 aromatic rings. The number of hydrogen-bond donors (Lipinski definition) is 2. The standard InChI is InChI=1S/C18H12Cl2N2O3/c19-15-7-3-12(9-16(15)20)17-8-6-14(25-17)10-21-22-18(24)11-1-4-13(23)5-2-11/h1-10,23H,(H,22,24). The lowest BCUT2D eigenvalue weighted by atomic mass is 10.2. The number of phenols is 1. The van der Waals surface area contributed by atoms with Gasteiger partial charge in [-0.3, -0.25) is 4.79 Å². The van der Waals surface area contributed by atoms with E-state index in [1.165, 1.54) is 30.5 Å². The Bertz CT molecular complexity index is 934. The van der Waals surface area contributed by atoms with E-state index in [9.17, 15) is 9.90 Å². The number of nitrogens with one attached hydrogen (secondary N) is 1. The first kappa shape index (κ1) is 17.1. The topological polar surface area (TPSA) is 74.8 Å². The summed E-state index contributed by atoms with van der Waals surface area (Å²) in [7, 11) is 0. The van der Waals surface area contributed by atoms with E-state index in [1.807, 2.05) is 0 Å². The number of aromatic hydroxyl groups is 1. The highest BCUT2D eigenvalue weighted by Gasteiger charge is 2.07. The number of carbonyl (C=O) groups excluding carboxylic acids is 1. The summed E-state index contributed by atoms with van der Waals surface area (Å²) in [4.78, 5) is 11.9. The summed E-state index contributed by atoms with van der Waals surface area (Å²) >= 11 is 11.9. The maximum absolute atomic E-state index is 11.9. The van der Waals surface area contributed by atoms with Crippen molar-refractivity contribution in [2.45, 2.75) is 0 Å². The largest absolute Gasteiger partial charge is 0.508 e. The number of benzene rings is 2. The average molecular weight is 375 g/mol. The van der Waals surface area contributed by atoms with Crippen molar-refractivity contribution < 1.29 is 14.3 Å². The molecule has 7 heteroatoms. The predicted molar refractivity (Wildman–Crippen MR) is 97.3 cm³/mol. The molecule has 1 aromatic heterocycles. The first-order chi connectivity index (χ1) is 12.0. The van der Waals surface area contributed by atoms with E-state index in [0.717, 1.165) is 5.56 Å². The molecule has 2 N–H and O–H groups in total. The van der Waals surface area contributed by atoms with Crippen molar-refractivity contribution in [1.82, 2.24) is 5.43 Å². The summed E-state index contributed by atoms with van der Waals surface area (Å²) in [5.74, 6) is 0.759. The molecule has 5 nitrogen and oxygen atoms in total. The lowest BCUT2D eigenvalue weighted by Crippen LogP contribution is -2.17. The Hall–Kier alpha value is -2.76. The second-order valence-electron chi connectivity index (χ2n) is 5.08. The molecule has 0 aliphatic heterocycles. The van der Waals surface area contributed by atoms with Crippen LogP contribution in [-0.4, -0.2) is 17.2 Å². The van der Waals surface area contributed by atoms with Crippen LogP contribution in [0, 0.1) is 0 Å². The van der Waals surface area contributed by atoms with Crippen LogP contribution in [0.3, 0.4) is 0 Å². The van der Waals surface area contributed by atoms with Crippen molar-refractivity contribution in [2.24, 2.45) is 5.10 Å². The number of hydrogen-bond acceptors (Lipinski definition) is 4. The Morgan fingerprint density at radius 1 is 1.04 bits per heavy atom. The number of amides is 1. The van der Waals surface area contributed by atoms with Gasteiger partial charge in [-0.05, 0) is 54.6 Å². The first-order valence-corrected chi connectivity index (χ1v) is 7.96. The number of hydrazone groups is 1. The van der Waals surface area contributed by atoms with E-state index in [-0.39, 0.29) is 5.75 Å². The number of nitrogens with zero attached hydrogens (tertiary/aromatic N) is 1. The van der Waals surface area contributed by atoms with Crippen molar-refractivity contribution in [3.05, 3.63) is 76.0 Å². The monoisotopic (exact) mass is 374 g/mol. The zero-order valence-corrected chi connectivity index (χ0v) is 14.3. The normalized spacial score (nSPS) is 11.0. The van der Waals surface area contributed by atoms with Gasteiger partial charge < -0.3 is 9.52 Å². The maximum Gasteiger partial charge on any atom is 0.271 e. The smallest absolute Gasteiger partial charge is 0.271 e. The fraction of sp³-hybridized carbons (Fsp3) is 0. The van der Waals surface area contributed by atoms with Crippen molar-refractivity contribution >= 4 is 35.3 Å². The number of furan rings is 1. The minimum atomic E-state index is -0.396. The molecule has 0 fully saturated rings. The molecule has 0 atom stereocenters. The number of rotatable bonds is 4. The molecule has 0 saturated heterocycles. The molecule has 0 bridgehead atoms. The zero-order valence-electron chi connectivity index (χ0n) is 12.7. The van der Waals surface area contributed by atoms with Crippen molar-refractivity contribution in [1.29, 1.82) is 0 Å². The van der Waals surface area contributed by atoms with E-state index in [4.69, 9.17) is 27.6 Å². The van der Waals surface area contributed by atoms with Crippen LogP contribution in [0.1, 0.15) is 16.1 Å². The molecule has 0 aliphatic rings. The van der Waals surface area contributed by atoms with E-state index in [2.05, 4.69) is 10.5 Å². The zero-order chi connectivity index (χ0) is 17.8. The van der Waals surface area contributed by atoms with E-state index in [1.54, 1.807) is 30.3 Å². The minimum absolute atomic E-state index is 0.0884. The van der Waals surface area contributed by atoms with Crippen molar-refractivity contribution in [3.63, 3.8) is 0 Å². The molecule has 0 aliphatic carbocycles. The maximum atomic E-state index is 11.9. The summed E-state index contributed by atoms with van der Waals surface area (Å²) in [6.07, 6.45) is 1.39. The molecular formula is C18H12Cl2N2O3. The molecule has 0 unspecified atom stereocenters. The van der Waals surface area contributed by atoms with Gasteiger partial charge in [0.2, 0.25) is 0 Å². The SMILES string of the molecule is O=C(NN=Cc1ccc(-c2ccc(Cl)c(Cl)c2)o1)c1ccc(O)cc1. The predicted octanol–water partition coefficient (Wildman–Crippen LogP) is 4.72. The van der Waals surface area contributed by atoms with Gasteiger partial charge in [-0.25, -0.2) is 5.43 Å². The third kappa shape index (κ3) is 4.21. The van der Waals surface area contributed by atoms with Crippen molar-refractivity contribution in [2.75, 3.05) is 0 Å². The van der Waals surface area contributed by atoms with Crippen LogP contribution in [0.15, 0.2) is 64.1 Å². The fourth-order valence-electron chi connectivity index (χ4n) is 2.06. The molecule has 126 valence electrons. The Balaban J connectivity index is 1.66. The third-order valence-electron chi connectivity index (χ3n) is 3.32. The summed E-state index contributed by atoms with van der Waals surface area (Å²) in [5, 5.41) is 14.0. The van der Waals surface area contributed by atoms with E-state index in [0.29, 0.717) is 27.1 Å². The highest BCUT2D eigenvalue weighted by Crippen LogP contribution is 2.29. The van der Waals surface area contributed by atoms with Gasteiger partial charge in [0, 0.05) is 11.1 Å². The summed E-state index contributed by atoms with van der Waals surface area (Å²) in [6.45, 7) is 0. The fourth-order valence-corrected chi connectivity index (χ4v) is 2.36. The van der Waals surface area contributed by atoms with Crippen LogP contribution in [0.25, 0.3) is 11.3 Å². The molecular weight excluding hydrogens is 363 g/mol. The lowest BCUT2D eigenvalue weighted by molar-refractivity contribution is 0.0955. The molecule has 25 heavy (non-hydrogen) atoms. The third-order valence-corrected chi connectivity index (χ3v) is 4.06. The lowest BCUT2D eigenvalue weighted by Gasteiger charge is -2.00. The van der Waals surface area contributed by atoms with E-state index < -0.39 is 5.91 Å². The second kappa shape index (κ2) is 7.42. The van der Waals surface area contributed by atoms with E-state index >= 15 is 0 Å². The summed E-state index contributed by atoms with van der Waals surface area (Å²) < 4.78 is 5.63. The van der Waals surface area contributed by atoms with Gasteiger partial charge in [0.1, 0.15) is 17.3 Å². The Morgan fingerprint density at radius 2 is 1.80 bits per heavy atom. The quantitative estimate of drug-likeness (QED) is 0.512. The van der Waals surface area contributed by atoms with Gasteiger partial charge in [0.25, 0.3) is 5.91 Å². The molecule has 2 aromatic carbocycles. The van der Waals surface area contributed by atoms with Crippen LogP contribution in [0.4, 0.5) is 0 Å². The molecule has 3 rings (SSSR count). The van der Waals surface area contributed by atoms with Crippen LogP contribution in [0.2, 0.25) is 10.0 Å². The number of carbonyl (C=O) groups is 1. The van der Waals surface area contributed by atoms with Crippen molar-refractivity contribution in [3.8, 4) is 17.1 Å². The van der Waals surface area contributed by atoms with Crippen LogP contribution in [0.5, 0.6) is 5.75 Å². The van der Waals surface area contributed by atoms with Gasteiger partial charge in [0.05, 0.1) is 16.3 Å². The van der Waals surface area contributed by atoms with Crippen LogP contribution >= 0.6 is 23.2 Å². The highest BCUT2D eigenvalue weighted by molar-refractivity contribution is 6.42. The average Bonchev–Trinajstić information content (AvgIpc) is 3.07. The Morgan fingerprint density at radius 3 is 2.52 bits per heavy atom. The van der Waals surface area contributed by atoms with Gasteiger partial charge >= 0.3 is 0 Å². The first-order valence-electron chi connectivity index (χ1n) is 7.20. The second-order valence-corrected chi connectivity index (χ2v) is 5.89. The molecule has 1 heterocycles. The Labute approximate surface area is 153 Å².